The summed E-state index contributed by atoms with van der Waals surface area (Å²) in [5, 5.41) is 7.79. The molecule has 24 heteroatoms. The lowest BCUT2D eigenvalue weighted by Gasteiger charge is -2.45. The van der Waals surface area contributed by atoms with E-state index in [1.165, 1.54) is 28.0 Å². The number of ether oxygens (including phenoxy) is 1. The molecule has 2 unspecified atom stereocenters. The van der Waals surface area contributed by atoms with Gasteiger partial charge in [0.05, 0.1) is 35.7 Å². The van der Waals surface area contributed by atoms with Gasteiger partial charge in [-0.25, -0.2) is 0 Å². The van der Waals surface area contributed by atoms with Gasteiger partial charge in [-0.05, 0) is 66.0 Å². The average molecular weight is 1100 g/mol. The molecular formula is C53H56F2N7O13PS. The zero-order chi connectivity index (χ0) is 55.6. The van der Waals surface area contributed by atoms with Crippen LogP contribution in [0.15, 0.2) is 72.8 Å². The molecule has 3 aromatic carbocycles. The number of nitrogens with one attached hydrogen (secondary N) is 3. The second-order valence-electron chi connectivity index (χ2n) is 20.1. The van der Waals surface area contributed by atoms with Gasteiger partial charge in [-0.15, -0.1) is 11.3 Å². The van der Waals surface area contributed by atoms with Crippen LogP contribution in [-0.4, -0.2) is 147 Å². The molecular weight excluding hydrogens is 1040 g/mol. The molecule has 5 heterocycles. The summed E-state index contributed by atoms with van der Waals surface area (Å²) < 4.78 is 47.1. The van der Waals surface area contributed by atoms with Gasteiger partial charge in [0.1, 0.15) is 30.7 Å². The molecule has 77 heavy (non-hydrogen) atoms. The molecule has 0 spiro atoms. The molecule has 3 fully saturated rings. The van der Waals surface area contributed by atoms with Crippen molar-refractivity contribution in [1.29, 1.82) is 0 Å². The molecule has 406 valence electrons. The lowest BCUT2D eigenvalue weighted by molar-refractivity contribution is -0.158. The van der Waals surface area contributed by atoms with Gasteiger partial charge in [-0.1, -0.05) is 75.1 Å². The zero-order valence-electron chi connectivity index (χ0n) is 42.2. The van der Waals surface area contributed by atoms with E-state index in [1.54, 1.807) is 37.8 Å². The number of hydrogen-bond acceptors (Lipinski definition) is 12. The van der Waals surface area contributed by atoms with E-state index in [0.29, 0.717) is 29.5 Å². The number of carbonyl (C=O) groups is 9. The van der Waals surface area contributed by atoms with Crippen LogP contribution in [0, 0.1) is 17.3 Å². The number of imide groups is 2. The van der Waals surface area contributed by atoms with Gasteiger partial charge in [0, 0.05) is 54.8 Å². The van der Waals surface area contributed by atoms with Crippen molar-refractivity contribution in [3.05, 3.63) is 105 Å². The van der Waals surface area contributed by atoms with Crippen LogP contribution in [0.1, 0.15) is 112 Å². The molecule has 8 rings (SSSR count). The summed E-state index contributed by atoms with van der Waals surface area (Å²) in [6, 6.07) is 14.5. The van der Waals surface area contributed by atoms with E-state index in [2.05, 4.69) is 27.8 Å². The monoisotopic (exact) mass is 1100 g/mol. The second kappa shape index (κ2) is 22.8. The summed E-state index contributed by atoms with van der Waals surface area (Å²) >= 11 is 0.913. The van der Waals surface area contributed by atoms with Crippen molar-refractivity contribution in [2.24, 2.45) is 5.41 Å². The Labute approximate surface area is 445 Å². The van der Waals surface area contributed by atoms with Crippen molar-refractivity contribution in [2.45, 2.75) is 89.2 Å². The number of nitrogens with zero attached hydrogens (tertiary/aromatic N) is 4. The maximum absolute atomic E-state index is 14.8. The number of halogens is 2. The second-order valence-corrected chi connectivity index (χ2v) is 22.9. The summed E-state index contributed by atoms with van der Waals surface area (Å²) in [7, 11) is -5.87. The first-order valence-corrected chi connectivity index (χ1v) is 27.3. The fourth-order valence-electron chi connectivity index (χ4n) is 9.60. The Morgan fingerprint density at radius 1 is 0.909 bits per heavy atom. The zero-order valence-corrected chi connectivity index (χ0v) is 43.9. The molecule has 0 saturated carbocycles. The molecule has 0 aliphatic carbocycles. The number of rotatable bonds is 14. The summed E-state index contributed by atoms with van der Waals surface area (Å²) in [5.41, 5.74) is -5.06. The van der Waals surface area contributed by atoms with Crippen molar-refractivity contribution < 1.29 is 71.0 Å². The van der Waals surface area contributed by atoms with Crippen LogP contribution in [0.2, 0.25) is 0 Å². The Kier molecular flexibility index (Phi) is 16.6. The molecule has 1 aromatic heterocycles. The van der Waals surface area contributed by atoms with Gasteiger partial charge < -0.3 is 39.9 Å². The first-order chi connectivity index (χ1) is 36.4. The van der Waals surface area contributed by atoms with Crippen molar-refractivity contribution in [3.63, 3.8) is 0 Å². The van der Waals surface area contributed by atoms with E-state index in [9.17, 15) is 66.3 Å². The summed E-state index contributed by atoms with van der Waals surface area (Å²) in [6.45, 7) is 5.33. The molecule has 0 bridgehead atoms. The maximum atomic E-state index is 14.8. The van der Waals surface area contributed by atoms with Crippen molar-refractivity contribution in [3.8, 4) is 11.8 Å². The molecule has 20 nitrogen and oxygen atoms in total. The number of fused-ring (bicyclic) bond motifs is 2. The maximum Gasteiger partial charge on any atom is 0.399 e. The van der Waals surface area contributed by atoms with Crippen molar-refractivity contribution >= 4 is 82.2 Å². The highest BCUT2D eigenvalue weighted by molar-refractivity contribution is 7.52. The van der Waals surface area contributed by atoms with Gasteiger partial charge in [-0.2, -0.15) is 8.78 Å². The minimum atomic E-state index is -5.87. The number of alkyl halides is 2. The number of hydrogen-bond donors (Lipinski definition) is 5. The van der Waals surface area contributed by atoms with Gasteiger partial charge in [0.2, 0.25) is 35.4 Å². The molecule has 4 aliphatic heterocycles. The largest absolute Gasteiger partial charge is 0.399 e. The molecule has 3 saturated heterocycles. The lowest BCUT2D eigenvalue weighted by Crippen LogP contribution is -2.66. The van der Waals surface area contributed by atoms with Gasteiger partial charge in [0.25, 0.3) is 17.7 Å². The quantitative estimate of drug-likeness (QED) is 0.0393. The number of unbranched alkanes of at least 4 members (excludes halogenated alkanes) is 2. The highest BCUT2D eigenvalue weighted by Crippen LogP contribution is 2.59. The van der Waals surface area contributed by atoms with E-state index in [-0.39, 0.29) is 80.1 Å². The fraction of sp³-hybridized carbons (Fsp3) is 0.415. The van der Waals surface area contributed by atoms with Gasteiger partial charge >= 0.3 is 13.3 Å². The summed E-state index contributed by atoms with van der Waals surface area (Å²) in [6.07, 6.45) is 0.302. The Hall–Kier alpha value is -7.22. The molecule has 9 amide bonds. The minimum Gasteiger partial charge on any atom is -0.370 e. The Bertz CT molecular complexity index is 3170. The average Bonchev–Trinajstić information content (AvgIpc) is 3.95. The number of carbonyl (C=O) groups excluding carboxylic acids is 9. The number of morpholine rings is 1. The normalized spacial score (nSPS) is 19.5. The predicted octanol–water partition coefficient (Wildman–Crippen LogP) is 4.04. The lowest BCUT2D eigenvalue weighted by atomic mass is 9.85. The number of benzene rings is 3. The van der Waals surface area contributed by atoms with E-state index in [4.69, 9.17) is 4.74 Å². The topological polar surface area (TPSA) is 269 Å². The van der Waals surface area contributed by atoms with Crippen LogP contribution in [0.3, 0.4) is 0 Å². The summed E-state index contributed by atoms with van der Waals surface area (Å²) in [4.78, 5) is 145. The number of piperidine rings is 1. The fourth-order valence-corrected chi connectivity index (χ4v) is 11.0. The van der Waals surface area contributed by atoms with E-state index >= 15 is 0 Å². The van der Waals surface area contributed by atoms with Crippen LogP contribution < -0.4 is 16.0 Å². The van der Waals surface area contributed by atoms with Crippen molar-refractivity contribution in [1.82, 2.24) is 35.6 Å². The van der Waals surface area contributed by atoms with E-state index in [1.807, 2.05) is 30.3 Å². The number of piperazine rings is 1. The van der Waals surface area contributed by atoms with Crippen LogP contribution >= 0.6 is 18.9 Å². The first-order valence-electron chi connectivity index (χ1n) is 24.9. The Morgan fingerprint density at radius 2 is 1.66 bits per heavy atom. The van der Waals surface area contributed by atoms with Crippen LogP contribution in [0.25, 0.3) is 10.1 Å². The molecule has 4 aliphatic rings. The third kappa shape index (κ3) is 12.2. The van der Waals surface area contributed by atoms with Gasteiger partial charge in [0.15, 0.2) is 0 Å². The van der Waals surface area contributed by atoms with Crippen LogP contribution in [0.5, 0.6) is 0 Å². The van der Waals surface area contributed by atoms with Gasteiger partial charge in [-0.3, -0.25) is 57.9 Å². The Morgan fingerprint density at radius 3 is 2.38 bits per heavy atom. The van der Waals surface area contributed by atoms with E-state index < -0.39 is 108 Å². The third-order valence-electron chi connectivity index (χ3n) is 13.7. The standard InChI is InChI=1S/C53H56F2N7O13PS/c1-52(2,3)45(58-47(67)40-27-33-26-34(17-19-39(33)77-40)53(54,55)76(72,73)74)51(71)61-23-22-59(29-37(61)49(69)60-24-25-75-38(30-60)31-12-8-6-9-13-31)43(65)28-42(64)56-21-10-5-4-7-14-32-15-11-16-35-44(32)50(70)62(48(35)68)36-18-20-41(63)57-46(36)66/h6,8-9,11-13,15-17,19,26-27,36-38,45H,4-5,10,18,20-25,28-30H2,1-3H3,(H,56,64)(H,58,67)(H,57,63,66)(H2,72,73,74)/t36?,37-,38-,45?/m0/s1. The SMILES string of the molecule is CC(C)(C)C(NC(=O)c1cc2cc(C(F)(F)P(=O)(O)O)ccc2s1)C(=O)N1CCN(C(=O)CC(=O)NCCCCC#Cc2cccc3c2C(=O)N(C2CCC(=O)NC2=O)C3=O)C[C@H]1C(=O)N1CCO[C@H](c2ccccc2)C1. The predicted molar refractivity (Wildman–Crippen MR) is 274 cm³/mol. The molecule has 5 N–H and O–H groups in total. The third-order valence-corrected chi connectivity index (χ3v) is 15.9. The molecule has 4 aromatic rings. The van der Waals surface area contributed by atoms with E-state index in [0.717, 1.165) is 33.9 Å². The Balaban J connectivity index is 0.900. The highest BCUT2D eigenvalue weighted by Gasteiger charge is 2.51. The number of thiophene rings is 1. The molecule has 0 radical (unpaired) electrons. The molecule has 4 atom stereocenters. The first kappa shape index (κ1) is 56.0. The summed E-state index contributed by atoms with van der Waals surface area (Å²) in [5.74, 6) is 0.394. The van der Waals surface area contributed by atoms with Crippen molar-refractivity contribution in [2.75, 3.05) is 45.9 Å². The highest BCUT2D eigenvalue weighted by atomic mass is 32.1. The smallest absolute Gasteiger partial charge is 0.370 e. The minimum absolute atomic E-state index is 0.0103. The van der Waals surface area contributed by atoms with Crippen LogP contribution in [-0.2, 0) is 43.7 Å². The number of amides is 9. The van der Waals surface area contributed by atoms with Crippen LogP contribution in [0.4, 0.5) is 8.78 Å².